The van der Waals surface area contributed by atoms with Gasteiger partial charge in [0.15, 0.2) is 0 Å². The van der Waals surface area contributed by atoms with Crippen LogP contribution in [0.15, 0.2) is 41.3 Å². The molecule has 2 aromatic rings. The third kappa shape index (κ3) is 4.26. The molecule has 3 atom stereocenters. The fraction of sp³-hybridized carbons (Fsp3) is 0.435. The van der Waals surface area contributed by atoms with Crippen molar-refractivity contribution in [3.05, 3.63) is 58.9 Å². The summed E-state index contributed by atoms with van der Waals surface area (Å²) in [4.78, 5) is 13.2. The van der Waals surface area contributed by atoms with Crippen molar-refractivity contribution in [1.82, 2.24) is 4.31 Å². The van der Waals surface area contributed by atoms with Gasteiger partial charge in [-0.3, -0.25) is 4.79 Å². The first-order chi connectivity index (χ1) is 15.8. The van der Waals surface area contributed by atoms with Crippen LogP contribution in [0.2, 0.25) is 0 Å². The Morgan fingerprint density at radius 2 is 1.71 bits per heavy atom. The minimum Gasteiger partial charge on any atom is -0.481 e. The number of hydrogen-bond acceptors (Lipinski definition) is 4. The zero-order valence-electron chi connectivity index (χ0n) is 18.5. The summed E-state index contributed by atoms with van der Waals surface area (Å²) >= 11 is 0. The number of sulfonamides is 1. The molecule has 0 radical (unpaired) electrons. The molecule has 34 heavy (non-hydrogen) atoms. The van der Waals surface area contributed by atoms with Crippen LogP contribution < -0.4 is 4.90 Å². The smallest absolute Gasteiger partial charge is 0.419 e. The lowest BCUT2D eigenvalue weighted by Gasteiger charge is -2.44. The van der Waals surface area contributed by atoms with E-state index in [2.05, 4.69) is 0 Å². The first-order valence-corrected chi connectivity index (χ1v) is 12.2. The quantitative estimate of drug-likeness (QED) is 0.644. The van der Waals surface area contributed by atoms with Crippen LogP contribution in [-0.2, 0) is 33.8 Å². The van der Waals surface area contributed by atoms with Gasteiger partial charge in [-0.1, -0.05) is 12.1 Å². The normalized spacial score (nSPS) is 23.7. The Bertz CT molecular complexity index is 1220. The molecule has 1 aliphatic carbocycles. The van der Waals surface area contributed by atoms with Gasteiger partial charge in [0.2, 0.25) is 10.0 Å². The Morgan fingerprint density at radius 1 is 1.06 bits per heavy atom. The van der Waals surface area contributed by atoms with Crippen LogP contribution in [0.3, 0.4) is 0 Å². The van der Waals surface area contributed by atoms with Gasteiger partial charge < -0.3 is 10.0 Å². The van der Waals surface area contributed by atoms with E-state index in [1.165, 1.54) is 16.4 Å². The summed E-state index contributed by atoms with van der Waals surface area (Å²) < 4.78 is 81.5. The molecule has 1 aliphatic heterocycles. The van der Waals surface area contributed by atoms with Gasteiger partial charge in [0.25, 0.3) is 0 Å². The molecule has 2 aromatic carbocycles. The van der Waals surface area contributed by atoms with Crippen LogP contribution in [0.5, 0.6) is 0 Å². The van der Waals surface area contributed by atoms with E-state index in [0.717, 1.165) is 6.07 Å². The lowest BCUT2D eigenvalue weighted by atomic mass is 10.1. The molecule has 0 spiro atoms. The molecule has 2 aliphatic rings. The maximum absolute atomic E-state index is 14.1. The highest BCUT2D eigenvalue weighted by molar-refractivity contribution is 7.89. The number of benzene rings is 2. The summed E-state index contributed by atoms with van der Waals surface area (Å²) in [6, 6.07) is 6.39. The molecule has 1 fully saturated rings. The molecule has 184 valence electrons. The van der Waals surface area contributed by atoms with Crippen LogP contribution in [0.1, 0.15) is 30.5 Å². The second kappa shape index (κ2) is 8.53. The van der Waals surface area contributed by atoms with Gasteiger partial charge in [-0.05, 0) is 62.1 Å². The number of piperazine rings is 1. The SMILES string of the molecule is C[C@@H]1CN(c2ccc(C(F)(F)F)c(F)c2)C[C@H](C)N1S(=O)(=O)c1cccc2c1CC(C(=O)O)C2. The number of fused-ring (bicyclic) bond motifs is 1. The van der Waals surface area contributed by atoms with Crippen molar-refractivity contribution in [3.8, 4) is 0 Å². The fourth-order valence-electron chi connectivity index (χ4n) is 5.07. The molecule has 0 saturated carbocycles. The van der Waals surface area contributed by atoms with E-state index in [9.17, 15) is 35.9 Å². The number of carboxylic acids is 1. The average Bonchev–Trinajstić information content (AvgIpc) is 3.16. The summed E-state index contributed by atoms with van der Waals surface area (Å²) in [6.45, 7) is 3.68. The van der Waals surface area contributed by atoms with Crippen molar-refractivity contribution in [2.45, 2.75) is 49.8 Å². The zero-order chi connectivity index (χ0) is 25.0. The summed E-state index contributed by atoms with van der Waals surface area (Å²) in [5, 5.41) is 9.38. The standard InChI is InChI=1S/C23H24F4N2O4S/c1-13-11-28(17-6-7-19(20(24)10-17)23(25,26)27)12-14(2)29(13)34(32,33)21-5-3-4-15-8-16(22(30)31)9-18(15)21/h3-7,10,13-14,16H,8-9,11-12H2,1-2H3,(H,30,31)/t13-,14+,16?. The first kappa shape index (κ1) is 24.5. The van der Waals surface area contributed by atoms with Crippen molar-refractivity contribution in [3.63, 3.8) is 0 Å². The number of hydrogen-bond donors (Lipinski definition) is 1. The van der Waals surface area contributed by atoms with Crippen molar-refractivity contribution in [2.75, 3.05) is 18.0 Å². The van der Waals surface area contributed by atoms with Crippen LogP contribution in [0, 0.1) is 11.7 Å². The number of rotatable bonds is 4. The fourth-order valence-corrected chi connectivity index (χ4v) is 7.16. The average molecular weight is 501 g/mol. The summed E-state index contributed by atoms with van der Waals surface area (Å²) in [7, 11) is -3.98. The molecule has 1 heterocycles. The predicted octanol–water partition coefficient (Wildman–Crippen LogP) is 3.93. The third-order valence-electron chi connectivity index (χ3n) is 6.51. The largest absolute Gasteiger partial charge is 0.481 e. The molecule has 6 nitrogen and oxygen atoms in total. The molecule has 0 amide bonds. The highest BCUT2D eigenvalue weighted by Crippen LogP contribution is 2.37. The van der Waals surface area contributed by atoms with Crippen LogP contribution in [-0.4, -0.2) is 49.0 Å². The molecular weight excluding hydrogens is 476 g/mol. The minimum atomic E-state index is -4.80. The van der Waals surface area contributed by atoms with Gasteiger partial charge >= 0.3 is 12.1 Å². The number of carbonyl (C=O) groups is 1. The lowest BCUT2D eigenvalue weighted by molar-refractivity contribution is -0.141. The highest BCUT2D eigenvalue weighted by atomic mass is 32.2. The van der Waals surface area contributed by atoms with E-state index in [1.54, 1.807) is 30.9 Å². The molecular formula is C23H24F4N2O4S. The van der Waals surface area contributed by atoms with E-state index in [0.29, 0.717) is 17.2 Å². The number of anilines is 1. The molecule has 4 rings (SSSR count). The Morgan fingerprint density at radius 3 is 2.26 bits per heavy atom. The number of nitrogens with zero attached hydrogens (tertiary/aromatic N) is 2. The van der Waals surface area contributed by atoms with Crippen molar-refractivity contribution < 1.29 is 35.9 Å². The highest BCUT2D eigenvalue weighted by Gasteiger charge is 2.42. The number of aliphatic carboxylic acids is 1. The van der Waals surface area contributed by atoms with Gasteiger partial charge in [0.1, 0.15) is 5.82 Å². The maximum Gasteiger partial charge on any atom is 0.419 e. The third-order valence-corrected chi connectivity index (χ3v) is 8.73. The van der Waals surface area contributed by atoms with Gasteiger partial charge in [-0.25, -0.2) is 12.8 Å². The maximum atomic E-state index is 14.1. The van der Waals surface area contributed by atoms with Gasteiger partial charge in [-0.15, -0.1) is 0 Å². The zero-order valence-corrected chi connectivity index (χ0v) is 19.3. The van der Waals surface area contributed by atoms with Crippen molar-refractivity contribution in [2.24, 2.45) is 5.92 Å². The molecule has 1 saturated heterocycles. The van der Waals surface area contributed by atoms with Gasteiger partial charge in [-0.2, -0.15) is 17.5 Å². The number of alkyl halides is 3. The van der Waals surface area contributed by atoms with E-state index < -0.39 is 51.6 Å². The molecule has 11 heteroatoms. The molecule has 0 bridgehead atoms. The Kier molecular flexibility index (Phi) is 6.14. The molecule has 0 aromatic heterocycles. The first-order valence-electron chi connectivity index (χ1n) is 10.8. The van der Waals surface area contributed by atoms with E-state index in [4.69, 9.17) is 0 Å². The van der Waals surface area contributed by atoms with E-state index in [1.807, 2.05) is 0 Å². The lowest BCUT2D eigenvalue weighted by Crippen LogP contribution is -2.58. The Balaban J connectivity index is 1.60. The van der Waals surface area contributed by atoms with Crippen LogP contribution >= 0.6 is 0 Å². The second-order valence-electron chi connectivity index (χ2n) is 8.94. The molecule has 1 N–H and O–H groups in total. The topological polar surface area (TPSA) is 77.9 Å². The van der Waals surface area contributed by atoms with Crippen LogP contribution in [0.4, 0.5) is 23.2 Å². The monoisotopic (exact) mass is 500 g/mol. The predicted molar refractivity (Wildman–Crippen MR) is 117 cm³/mol. The Labute approximate surface area is 194 Å². The Hall–Kier alpha value is -2.66. The van der Waals surface area contributed by atoms with Gasteiger partial charge in [0, 0.05) is 30.9 Å². The van der Waals surface area contributed by atoms with E-state index >= 15 is 0 Å². The summed E-state index contributed by atoms with van der Waals surface area (Å²) in [5.74, 6) is -3.03. The van der Waals surface area contributed by atoms with Crippen molar-refractivity contribution in [1.29, 1.82) is 0 Å². The molecule has 1 unspecified atom stereocenters. The summed E-state index contributed by atoms with van der Waals surface area (Å²) in [6.07, 6.45) is -4.40. The van der Waals surface area contributed by atoms with Crippen molar-refractivity contribution >= 4 is 21.7 Å². The summed E-state index contributed by atoms with van der Waals surface area (Å²) in [5.41, 5.74) is 0.108. The van der Waals surface area contributed by atoms with Crippen LogP contribution in [0.25, 0.3) is 0 Å². The van der Waals surface area contributed by atoms with E-state index in [-0.39, 0.29) is 36.5 Å². The van der Waals surface area contributed by atoms with Gasteiger partial charge in [0.05, 0.1) is 16.4 Å². The second-order valence-corrected chi connectivity index (χ2v) is 10.7. The number of carboxylic acid groups (broad SMARTS) is 1. The number of halogens is 4. The minimum absolute atomic E-state index is 0.0847.